The minimum Gasteiger partial charge on any atom is -0.396 e. The molecule has 18 heavy (non-hydrogen) atoms. The zero-order valence-electron chi connectivity index (χ0n) is 10.1. The van der Waals surface area contributed by atoms with Gasteiger partial charge in [-0.2, -0.15) is 0 Å². The van der Waals surface area contributed by atoms with Crippen LogP contribution in [0, 0.1) is 5.92 Å². The molecule has 4 heteroatoms. The van der Waals surface area contributed by atoms with Crippen LogP contribution in [0.3, 0.4) is 0 Å². The number of hydrogen-bond donors (Lipinski definition) is 2. The molecule has 1 aromatic carbocycles. The van der Waals surface area contributed by atoms with Crippen LogP contribution < -0.4 is 5.32 Å². The zero-order valence-corrected chi connectivity index (χ0v) is 11.0. The number of rotatable bonds is 2. The highest BCUT2D eigenvalue weighted by molar-refractivity contribution is 7.19. The molecule has 0 bridgehead atoms. The highest BCUT2D eigenvalue weighted by Gasteiger charge is 2.26. The summed E-state index contributed by atoms with van der Waals surface area (Å²) < 4.78 is 7.19. The molecular formula is C14H17NO2S. The van der Waals surface area contributed by atoms with Gasteiger partial charge in [-0.15, -0.1) is 11.3 Å². The third-order valence-electron chi connectivity index (χ3n) is 3.37. The maximum atomic E-state index is 9.51. The minimum absolute atomic E-state index is 0.0161. The van der Waals surface area contributed by atoms with Gasteiger partial charge in [0, 0.05) is 35.2 Å². The Hall–Kier alpha value is -0.940. The standard InChI is InChI=1S/C14H17NO2S/c16-9-11-8-15-5-6-17-14(11)13-7-10-3-1-2-4-12(10)18-13/h1-4,7,11,14-16H,5-6,8-9H2. The number of thiophene rings is 1. The second-order valence-corrected chi connectivity index (χ2v) is 5.74. The van der Waals surface area contributed by atoms with Crippen LogP contribution in [0.5, 0.6) is 0 Å². The Morgan fingerprint density at radius 1 is 1.39 bits per heavy atom. The molecule has 0 radical (unpaired) electrons. The molecule has 1 aromatic heterocycles. The number of ether oxygens (including phenoxy) is 1. The summed E-state index contributed by atoms with van der Waals surface area (Å²) in [6, 6.07) is 10.6. The average molecular weight is 263 g/mol. The summed E-state index contributed by atoms with van der Waals surface area (Å²) in [6.45, 7) is 2.54. The van der Waals surface area contributed by atoms with Gasteiger partial charge < -0.3 is 15.2 Å². The quantitative estimate of drug-likeness (QED) is 0.872. The molecule has 1 aliphatic heterocycles. The number of nitrogens with one attached hydrogen (secondary N) is 1. The zero-order chi connectivity index (χ0) is 12.4. The number of aliphatic hydroxyl groups is 1. The molecule has 3 rings (SSSR count). The Kier molecular flexibility index (Phi) is 3.61. The summed E-state index contributed by atoms with van der Waals surface area (Å²) >= 11 is 1.77. The number of hydrogen-bond acceptors (Lipinski definition) is 4. The number of aliphatic hydroxyl groups excluding tert-OH is 1. The largest absolute Gasteiger partial charge is 0.396 e. The van der Waals surface area contributed by atoms with E-state index in [1.807, 2.05) is 0 Å². The van der Waals surface area contributed by atoms with E-state index >= 15 is 0 Å². The van der Waals surface area contributed by atoms with Crippen LogP contribution in [-0.4, -0.2) is 31.4 Å². The van der Waals surface area contributed by atoms with Gasteiger partial charge in [-0.1, -0.05) is 18.2 Å². The summed E-state index contributed by atoms with van der Waals surface area (Å²) in [4.78, 5) is 1.22. The van der Waals surface area contributed by atoms with Gasteiger partial charge in [-0.25, -0.2) is 0 Å². The SMILES string of the molecule is OCC1CNCCOC1c1cc2ccccc2s1. The first-order chi connectivity index (χ1) is 8.88. The van der Waals surface area contributed by atoms with Crippen molar-refractivity contribution in [1.82, 2.24) is 5.32 Å². The summed E-state index contributed by atoms with van der Waals surface area (Å²) in [5.74, 6) is 0.139. The highest BCUT2D eigenvalue weighted by atomic mass is 32.1. The maximum Gasteiger partial charge on any atom is 0.0979 e. The Morgan fingerprint density at radius 3 is 3.11 bits per heavy atom. The van der Waals surface area contributed by atoms with Gasteiger partial charge in [0.05, 0.1) is 12.7 Å². The van der Waals surface area contributed by atoms with Gasteiger partial charge in [0.15, 0.2) is 0 Å². The molecule has 3 nitrogen and oxygen atoms in total. The fourth-order valence-corrected chi connectivity index (χ4v) is 3.61. The van der Waals surface area contributed by atoms with E-state index in [1.165, 1.54) is 15.0 Å². The molecule has 2 aromatic rings. The lowest BCUT2D eigenvalue weighted by molar-refractivity contribution is 0.0139. The molecule has 1 aliphatic rings. The Morgan fingerprint density at radius 2 is 2.28 bits per heavy atom. The topological polar surface area (TPSA) is 41.5 Å². The third kappa shape index (κ3) is 2.29. The van der Waals surface area contributed by atoms with Gasteiger partial charge in [0.25, 0.3) is 0 Å². The fraction of sp³-hybridized carbons (Fsp3) is 0.429. The van der Waals surface area contributed by atoms with Crippen LogP contribution in [0.4, 0.5) is 0 Å². The van der Waals surface area contributed by atoms with Crippen LogP contribution in [0.25, 0.3) is 10.1 Å². The van der Waals surface area contributed by atoms with Gasteiger partial charge in [0.1, 0.15) is 0 Å². The first kappa shape index (κ1) is 12.1. The van der Waals surface area contributed by atoms with Crippen molar-refractivity contribution < 1.29 is 9.84 Å². The van der Waals surface area contributed by atoms with Crippen molar-refractivity contribution in [3.63, 3.8) is 0 Å². The van der Waals surface area contributed by atoms with E-state index in [0.717, 1.165) is 13.1 Å². The molecule has 0 amide bonds. The smallest absolute Gasteiger partial charge is 0.0979 e. The predicted molar refractivity (Wildman–Crippen MR) is 74.0 cm³/mol. The lowest BCUT2D eigenvalue weighted by atomic mass is 10.0. The second-order valence-electron chi connectivity index (χ2n) is 4.62. The first-order valence-corrected chi connectivity index (χ1v) is 7.12. The van der Waals surface area contributed by atoms with Crippen molar-refractivity contribution >= 4 is 21.4 Å². The van der Waals surface area contributed by atoms with E-state index in [4.69, 9.17) is 4.74 Å². The summed E-state index contributed by atoms with van der Waals surface area (Å²) in [5.41, 5.74) is 0. The molecule has 2 atom stereocenters. The molecule has 1 fully saturated rings. The molecule has 0 spiro atoms. The third-order valence-corrected chi connectivity index (χ3v) is 4.55. The lowest BCUT2D eigenvalue weighted by Crippen LogP contribution is -2.26. The van der Waals surface area contributed by atoms with Crippen molar-refractivity contribution in [3.05, 3.63) is 35.2 Å². The molecule has 1 saturated heterocycles. The van der Waals surface area contributed by atoms with Crippen molar-refractivity contribution in [3.8, 4) is 0 Å². The summed E-state index contributed by atoms with van der Waals surface area (Å²) in [5, 5.41) is 14.1. The normalized spacial score (nSPS) is 25.2. The van der Waals surface area contributed by atoms with Crippen LogP contribution >= 0.6 is 11.3 Å². The van der Waals surface area contributed by atoms with Gasteiger partial charge in [-0.05, 0) is 17.5 Å². The monoisotopic (exact) mass is 263 g/mol. The van der Waals surface area contributed by atoms with Crippen molar-refractivity contribution in [2.45, 2.75) is 6.10 Å². The first-order valence-electron chi connectivity index (χ1n) is 6.30. The van der Waals surface area contributed by atoms with Crippen molar-refractivity contribution in [2.75, 3.05) is 26.3 Å². The highest BCUT2D eigenvalue weighted by Crippen LogP contribution is 2.35. The van der Waals surface area contributed by atoms with Crippen LogP contribution in [-0.2, 0) is 4.74 Å². The summed E-state index contributed by atoms with van der Waals surface area (Å²) in [7, 11) is 0. The Labute approximate surface area is 110 Å². The van der Waals surface area contributed by atoms with Gasteiger partial charge in [0.2, 0.25) is 0 Å². The number of benzene rings is 1. The van der Waals surface area contributed by atoms with E-state index in [1.54, 1.807) is 11.3 Å². The van der Waals surface area contributed by atoms with Gasteiger partial charge >= 0.3 is 0 Å². The Bertz CT molecular complexity index is 492. The van der Waals surface area contributed by atoms with Crippen molar-refractivity contribution in [1.29, 1.82) is 0 Å². The van der Waals surface area contributed by atoms with Crippen LogP contribution in [0.1, 0.15) is 11.0 Å². The molecule has 2 unspecified atom stereocenters. The predicted octanol–water partition coefficient (Wildman–Crippen LogP) is 2.17. The molecule has 96 valence electrons. The van der Waals surface area contributed by atoms with Gasteiger partial charge in [-0.3, -0.25) is 0 Å². The molecular weight excluding hydrogens is 246 g/mol. The lowest BCUT2D eigenvalue weighted by Gasteiger charge is -2.21. The van der Waals surface area contributed by atoms with E-state index in [-0.39, 0.29) is 18.6 Å². The average Bonchev–Trinajstić information content (AvgIpc) is 2.68. The Balaban J connectivity index is 1.95. The second kappa shape index (κ2) is 5.36. The maximum absolute atomic E-state index is 9.51. The van der Waals surface area contributed by atoms with Crippen LogP contribution in [0.15, 0.2) is 30.3 Å². The molecule has 2 N–H and O–H groups in total. The molecule has 2 heterocycles. The van der Waals surface area contributed by atoms with E-state index in [0.29, 0.717) is 6.61 Å². The molecule has 0 saturated carbocycles. The fourth-order valence-electron chi connectivity index (χ4n) is 2.41. The van der Waals surface area contributed by atoms with E-state index in [9.17, 15) is 5.11 Å². The van der Waals surface area contributed by atoms with E-state index in [2.05, 4.69) is 35.6 Å². The minimum atomic E-state index is 0.0161. The van der Waals surface area contributed by atoms with E-state index < -0.39 is 0 Å². The summed E-state index contributed by atoms with van der Waals surface area (Å²) in [6.07, 6.45) is 0.0161. The molecule has 0 aliphatic carbocycles. The number of fused-ring (bicyclic) bond motifs is 1. The van der Waals surface area contributed by atoms with Crippen molar-refractivity contribution in [2.24, 2.45) is 5.92 Å². The van der Waals surface area contributed by atoms with Crippen LogP contribution in [0.2, 0.25) is 0 Å².